The SMILES string of the molecule is Cc1ccc(CN(C(=O)OC(C)(C)C)c2cc(NCCCCCCNC(=O)OC(C)(C)C)nc3c(C(C)C)cnn23)o1. The summed E-state index contributed by atoms with van der Waals surface area (Å²) in [6.07, 6.45) is 4.68. The molecule has 0 atom stereocenters. The van der Waals surface area contributed by atoms with Crippen molar-refractivity contribution in [2.45, 2.75) is 112 Å². The predicted molar refractivity (Wildman–Crippen MR) is 164 cm³/mol. The lowest BCUT2D eigenvalue weighted by Crippen LogP contribution is -2.37. The van der Waals surface area contributed by atoms with Crippen LogP contribution >= 0.6 is 0 Å². The number of alkyl carbamates (subject to hydrolysis) is 1. The third-order valence-corrected chi connectivity index (χ3v) is 6.18. The summed E-state index contributed by atoms with van der Waals surface area (Å²) in [5, 5.41) is 10.8. The molecule has 3 aromatic heterocycles. The number of nitrogens with one attached hydrogen (secondary N) is 2. The summed E-state index contributed by atoms with van der Waals surface area (Å²) >= 11 is 0. The van der Waals surface area contributed by atoms with Crippen molar-refractivity contribution < 1.29 is 23.5 Å². The lowest BCUT2D eigenvalue weighted by Gasteiger charge is -2.27. The molecular weight excluding hydrogens is 536 g/mol. The Morgan fingerprint density at radius 3 is 2.26 bits per heavy atom. The van der Waals surface area contributed by atoms with E-state index in [1.54, 1.807) is 10.7 Å². The third kappa shape index (κ3) is 9.95. The molecule has 3 rings (SSSR count). The molecule has 0 aromatic carbocycles. The van der Waals surface area contributed by atoms with Crippen molar-refractivity contribution in [1.82, 2.24) is 19.9 Å². The van der Waals surface area contributed by atoms with E-state index in [1.165, 1.54) is 4.90 Å². The van der Waals surface area contributed by atoms with Crippen LogP contribution in [0.4, 0.5) is 21.2 Å². The van der Waals surface area contributed by atoms with Crippen LogP contribution in [0.5, 0.6) is 0 Å². The van der Waals surface area contributed by atoms with Crippen LogP contribution in [0.15, 0.2) is 28.8 Å². The van der Waals surface area contributed by atoms with E-state index in [9.17, 15) is 9.59 Å². The van der Waals surface area contributed by atoms with Crippen molar-refractivity contribution >= 4 is 29.5 Å². The number of fused-ring (bicyclic) bond motifs is 1. The van der Waals surface area contributed by atoms with Gasteiger partial charge in [-0.25, -0.2) is 14.6 Å². The fraction of sp³-hybridized carbons (Fsp3) is 0.613. The summed E-state index contributed by atoms with van der Waals surface area (Å²) in [6.45, 7) is 18.6. The van der Waals surface area contributed by atoms with Gasteiger partial charge in [0.2, 0.25) is 0 Å². The molecule has 0 fully saturated rings. The van der Waals surface area contributed by atoms with Gasteiger partial charge in [-0.3, -0.25) is 4.90 Å². The van der Waals surface area contributed by atoms with Crippen LogP contribution in [0, 0.1) is 6.92 Å². The second kappa shape index (κ2) is 13.9. The number of hydrogen-bond donors (Lipinski definition) is 2. The topological polar surface area (TPSA) is 123 Å². The van der Waals surface area contributed by atoms with E-state index < -0.39 is 17.3 Å². The van der Waals surface area contributed by atoms with Crippen molar-refractivity contribution in [2.24, 2.45) is 0 Å². The molecule has 0 saturated heterocycles. The molecule has 0 aliphatic carbocycles. The summed E-state index contributed by atoms with van der Waals surface area (Å²) in [5.74, 6) is 2.77. The maximum absolute atomic E-state index is 13.5. The van der Waals surface area contributed by atoms with Gasteiger partial charge in [-0.15, -0.1) is 0 Å². The average molecular weight is 585 g/mol. The number of amides is 2. The van der Waals surface area contributed by atoms with E-state index in [-0.39, 0.29) is 18.6 Å². The largest absolute Gasteiger partial charge is 0.464 e. The highest BCUT2D eigenvalue weighted by Crippen LogP contribution is 2.28. The highest BCUT2D eigenvalue weighted by molar-refractivity contribution is 5.87. The maximum atomic E-state index is 13.5. The molecule has 3 heterocycles. The molecule has 0 spiro atoms. The second-order valence-corrected chi connectivity index (χ2v) is 12.8. The number of carbonyl (C=O) groups is 2. The van der Waals surface area contributed by atoms with Crippen molar-refractivity contribution in [3.63, 3.8) is 0 Å². The van der Waals surface area contributed by atoms with Crippen molar-refractivity contribution in [3.8, 4) is 0 Å². The number of carbonyl (C=O) groups excluding carboxylic acids is 2. The van der Waals surface area contributed by atoms with E-state index in [2.05, 4.69) is 29.6 Å². The Hall–Kier alpha value is -3.76. The highest BCUT2D eigenvalue weighted by Gasteiger charge is 2.28. The molecule has 42 heavy (non-hydrogen) atoms. The molecule has 2 N–H and O–H groups in total. The lowest BCUT2D eigenvalue weighted by molar-refractivity contribution is 0.0524. The number of nitrogens with zero attached hydrogens (tertiary/aromatic N) is 4. The predicted octanol–water partition coefficient (Wildman–Crippen LogP) is 7.19. The molecule has 0 bridgehead atoms. The maximum Gasteiger partial charge on any atom is 0.416 e. The third-order valence-electron chi connectivity index (χ3n) is 6.18. The molecule has 2 amide bonds. The average Bonchev–Trinajstić information content (AvgIpc) is 3.47. The van der Waals surface area contributed by atoms with Gasteiger partial charge in [-0.1, -0.05) is 26.7 Å². The Kier molecular flexibility index (Phi) is 10.9. The van der Waals surface area contributed by atoms with Crippen LogP contribution < -0.4 is 15.5 Å². The number of rotatable bonds is 12. The van der Waals surface area contributed by atoms with E-state index in [4.69, 9.17) is 18.9 Å². The Balaban J connectivity index is 1.73. The molecule has 11 heteroatoms. The second-order valence-electron chi connectivity index (χ2n) is 12.8. The zero-order chi connectivity index (χ0) is 31.1. The van der Waals surface area contributed by atoms with E-state index in [1.807, 2.05) is 66.7 Å². The minimum Gasteiger partial charge on any atom is -0.464 e. The molecule has 0 saturated carbocycles. The minimum atomic E-state index is -0.683. The number of anilines is 2. The van der Waals surface area contributed by atoms with Gasteiger partial charge >= 0.3 is 12.2 Å². The number of ether oxygens (including phenoxy) is 2. The standard InChI is InChI=1S/C31H48N6O5/c1-21(2)24-19-34-37-26(36(29(39)42-31(7,8)9)20-23-15-14-22(3)40-23)18-25(35-27(24)37)32-16-12-10-11-13-17-33-28(38)41-30(4,5)6/h14-15,18-19,21H,10-13,16-17,20H2,1-9H3,(H,32,35)(H,33,38). The number of hydrogen-bond acceptors (Lipinski definition) is 8. The molecule has 11 nitrogen and oxygen atoms in total. The molecule has 3 aromatic rings. The van der Waals surface area contributed by atoms with Crippen molar-refractivity contribution in [1.29, 1.82) is 0 Å². The van der Waals surface area contributed by atoms with Crippen LogP contribution in [-0.2, 0) is 16.0 Å². The summed E-state index contributed by atoms with van der Waals surface area (Å²) in [4.78, 5) is 31.7. The fourth-order valence-corrected chi connectivity index (χ4v) is 4.26. The van der Waals surface area contributed by atoms with Gasteiger partial charge in [-0.2, -0.15) is 9.61 Å². The first kappa shape index (κ1) is 32.8. The first-order valence-corrected chi connectivity index (χ1v) is 14.8. The Morgan fingerprint density at radius 1 is 1.00 bits per heavy atom. The molecular formula is C31H48N6O5. The highest BCUT2D eigenvalue weighted by atomic mass is 16.6. The molecule has 0 unspecified atom stereocenters. The van der Waals surface area contributed by atoms with Crippen LogP contribution in [0.2, 0.25) is 0 Å². The number of aryl methyl sites for hydroxylation is 1. The summed E-state index contributed by atoms with van der Waals surface area (Å²) in [5.41, 5.74) is 0.483. The zero-order valence-electron chi connectivity index (χ0n) is 26.7. The van der Waals surface area contributed by atoms with Crippen molar-refractivity contribution in [2.75, 3.05) is 23.3 Å². The summed E-state index contributed by atoms with van der Waals surface area (Å²) in [6, 6.07) is 5.56. The zero-order valence-corrected chi connectivity index (χ0v) is 26.7. The van der Waals surface area contributed by atoms with Crippen LogP contribution in [0.25, 0.3) is 5.65 Å². The monoisotopic (exact) mass is 584 g/mol. The first-order chi connectivity index (χ1) is 19.6. The number of furan rings is 1. The van der Waals surface area contributed by atoms with E-state index in [0.717, 1.165) is 37.0 Å². The number of aromatic nitrogens is 3. The van der Waals surface area contributed by atoms with Gasteiger partial charge in [0.05, 0.1) is 12.7 Å². The quantitative estimate of drug-likeness (QED) is 0.214. The van der Waals surface area contributed by atoms with Crippen LogP contribution in [0.3, 0.4) is 0 Å². The van der Waals surface area contributed by atoms with Gasteiger partial charge in [0.25, 0.3) is 0 Å². The normalized spacial score (nSPS) is 12.0. The van der Waals surface area contributed by atoms with Gasteiger partial charge in [0, 0.05) is 24.7 Å². The van der Waals surface area contributed by atoms with Gasteiger partial charge in [-0.05, 0) is 79.4 Å². The summed E-state index contributed by atoms with van der Waals surface area (Å²) in [7, 11) is 0. The van der Waals surface area contributed by atoms with Gasteiger partial charge in [0.15, 0.2) is 5.65 Å². The van der Waals surface area contributed by atoms with Crippen LogP contribution in [0.1, 0.15) is 104 Å². The van der Waals surface area contributed by atoms with E-state index in [0.29, 0.717) is 36.1 Å². The minimum absolute atomic E-state index is 0.176. The fourth-order valence-electron chi connectivity index (χ4n) is 4.26. The summed E-state index contributed by atoms with van der Waals surface area (Å²) < 4.78 is 18.6. The Bertz CT molecular complexity index is 1330. The molecule has 232 valence electrons. The smallest absolute Gasteiger partial charge is 0.416 e. The lowest BCUT2D eigenvalue weighted by atomic mass is 10.1. The Labute approximate surface area is 249 Å². The van der Waals surface area contributed by atoms with E-state index >= 15 is 0 Å². The van der Waals surface area contributed by atoms with Gasteiger partial charge < -0.3 is 24.5 Å². The molecule has 0 radical (unpaired) electrons. The Morgan fingerprint density at radius 2 is 1.67 bits per heavy atom. The molecule has 0 aliphatic rings. The van der Waals surface area contributed by atoms with Crippen LogP contribution in [-0.4, -0.2) is 51.1 Å². The number of unbranched alkanes of at least 4 members (excludes halogenated alkanes) is 3. The molecule has 0 aliphatic heterocycles. The first-order valence-electron chi connectivity index (χ1n) is 14.8. The van der Waals surface area contributed by atoms with Crippen molar-refractivity contribution in [3.05, 3.63) is 41.5 Å². The van der Waals surface area contributed by atoms with Gasteiger partial charge in [0.1, 0.15) is 34.4 Å².